The van der Waals surface area contributed by atoms with Gasteiger partial charge in [-0.05, 0) is 6.07 Å². The lowest BCUT2D eigenvalue weighted by Gasteiger charge is -2.23. The molecule has 220 valence electrons. The van der Waals surface area contributed by atoms with Gasteiger partial charge in [0.25, 0.3) is 5.56 Å². The molecular weight excluding hydrogens is 569 g/mol. The number of anilines is 2. The number of aliphatic hydroxyl groups is 3. The average Bonchev–Trinajstić information content (AvgIpc) is 3.69. The van der Waals surface area contributed by atoms with E-state index < -0.39 is 69.6 Å². The average molecular weight is 595 g/mol. The highest BCUT2D eigenvalue weighted by Crippen LogP contribution is 2.50. The molecule has 4 aromatic heterocycles. The number of imidazole rings is 1. The minimum Gasteiger partial charge on any atom is -0.394 e. The third kappa shape index (κ3) is 4.96. The zero-order chi connectivity index (χ0) is 29.1. The molecule has 0 bridgehead atoms. The van der Waals surface area contributed by atoms with E-state index in [-0.39, 0.29) is 29.4 Å². The zero-order valence-corrected chi connectivity index (χ0v) is 21.9. The molecule has 0 aromatic carbocycles. The van der Waals surface area contributed by atoms with E-state index >= 15 is 0 Å². The highest BCUT2D eigenvalue weighted by molar-refractivity contribution is 7.47. The Morgan fingerprint density at radius 1 is 1.12 bits per heavy atom. The predicted molar refractivity (Wildman–Crippen MR) is 137 cm³/mol. The van der Waals surface area contributed by atoms with E-state index in [4.69, 9.17) is 30.0 Å². The Labute approximate surface area is 228 Å². The number of phosphoric acid groups is 1. The van der Waals surface area contributed by atoms with Gasteiger partial charge in [-0.15, -0.1) is 0 Å². The zero-order valence-electron chi connectivity index (χ0n) is 21.0. The summed E-state index contributed by atoms with van der Waals surface area (Å²) < 4.78 is 37.7. The minimum absolute atomic E-state index is 0.0253. The van der Waals surface area contributed by atoms with E-state index in [1.165, 1.54) is 21.8 Å². The number of hydrogen-bond acceptors (Lipinski definition) is 15. The van der Waals surface area contributed by atoms with E-state index in [1.807, 2.05) is 0 Å². The van der Waals surface area contributed by atoms with Crippen LogP contribution in [0, 0.1) is 0 Å². The largest absolute Gasteiger partial charge is 0.472 e. The molecule has 20 heteroatoms. The summed E-state index contributed by atoms with van der Waals surface area (Å²) in [7, 11) is -4.85. The molecule has 0 amide bonds. The molecular formula is C21H26N9O10P. The molecule has 8 atom stereocenters. The van der Waals surface area contributed by atoms with Crippen LogP contribution in [0.5, 0.6) is 0 Å². The number of phosphoric ester groups is 1. The summed E-state index contributed by atoms with van der Waals surface area (Å²) in [5, 5.41) is 31.4. The SMILES string of the molecule is Nc1nc2c(ncn2[C@@H]2O[C@H](CO)C[C@H]2OP(=O)(O)OC[C@H]2O[C@@H](n3ccc4c(N)ncnc43)[C@H](O)[C@@H]2O)c(=O)[nH]1. The summed E-state index contributed by atoms with van der Waals surface area (Å²) in [6, 6.07) is 1.62. The van der Waals surface area contributed by atoms with E-state index in [0.29, 0.717) is 11.0 Å². The molecule has 4 aromatic rings. The summed E-state index contributed by atoms with van der Waals surface area (Å²) >= 11 is 0. The lowest BCUT2D eigenvalue weighted by molar-refractivity contribution is -0.0614. The van der Waals surface area contributed by atoms with Crippen LogP contribution in [0.4, 0.5) is 11.8 Å². The Hall–Kier alpha value is -3.52. The molecule has 0 aliphatic carbocycles. The summed E-state index contributed by atoms with van der Waals surface area (Å²) in [5.74, 6) is 0.0291. The van der Waals surface area contributed by atoms with Crippen LogP contribution in [-0.4, -0.2) is 98.0 Å². The van der Waals surface area contributed by atoms with Gasteiger partial charge in [0.15, 0.2) is 23.6 Å². The van der Waals surface area contributed by atoms with Gasteiger partial charge in [0.2, 0.25) is 5.95 Å². The van der Waals surface area contributed by atoms with Gasteiger partial charge in [-0.2, -0.15) is 4.98 Å². The lowest BCUT2D eigenvalue weighted by atomic mass is 10.1. The Balaban J connectivity index is 1.16. The number of nitrogens with zero attached hydrogens (tertiary/aromatic N) is 6. The Kier molecular flexibility index (Phi) is 7.00. The number of hydrogen-bond donors (Lipinski definition) is 7. The van der Waals surface area contributed by atoms with Gasteiger partial charge >= 0.3 is 7.82 Å². The van der Waals surface area contributed by atoms with Crippen LogP contribution >= 0.6 is 7.82 Å². The van der Waals surface area contributed by atoms with Crippen molar-refractivity contribution in [2.45, 2.75) is 49.4 Å². The van der Waals surface area contributed by atoms with Crippen molar-refractivity contribution in [1.29, 1.82) is 0 Å². The summed E-state index contributed by atoms with van der Waals surface area (Å²) in [6.07, 6.45) is -4.37. The topological polar surface area (TPSA) is 281 Å². The number of ether oxygens (including phenoxy) is 2. The first-order chi connectivity index (χ1) is 19.6. The number of rotatable bonds is 8. The van der Waals surface area contributed by atoms with Crippen molar-refractivity contribution in [1.82, 2.24) is 34.1 Å². The van der Waals surface area contributed by atoms with Crippen molar-refractivity contribution in [3.63, 3.8) is 0 Å². The smallest absolute Gasteiger partial charge is 0.394 e. The molecule has 0 spiro atoms. The third-order valence-corrected chi connectivity index (χ3v) is 7.91. The fourth-order valence-corrected chi connectivity index (χ4v) is 5.89. The normalized spacial score (nSPS) is 29.9. The van der Waals surface area contributed by atoms with Gasteiger partial charge in [-0.3, -0.25) is 23.4 Å². The number of nitrogens with two attached hydrogens (primary N) is 2. The number of aromatic amines is 1. The molecule has 2 fully saturated rings. The van der Waals surface area contributed by atoms with Crippen LogP contribution in [-0.2, 0) is 23.1 Å². The molecule has 9 N–H and O–H groups in total. The van der Waals surface area contributed by atoms with E-state index in [2.05, 4.69) is 24.9 Å². The van der Waals surface area contributed by atoms with Gasteiger partial charge < -0.3 is 45.7 Å². The third-order valence-electron chi connectivity index (χ3n) is 6.90. The second kappa shape index (κ2) is 10.4. The Morgan fingerprint density at radius 3 is 2.71 bits per heavy atom. The maximum Gasteiger partial charge on any atom is 0.472 e. The number of nitrogen functional groups attached to an aromatic ring is 2. The molecule has 1 unspecified atom stereocenters. The molecule has 0 saturated carbocycles. The minimum atomic E-state index is -4.85. The number of nitrogens with one attached hydrogen (secondary N) is 1. The monoisotopic (exact) mass is 595 g/mol. The molecule has 6 rings (SSSR count). The van der Waals surface area contributed by atoms with Gasteiger partial charge in [0.1, 0.15) is 42.2 Å². The summed E-state index contributed by atoms with van der Waals surface area (Å²) in [5.41, 5.74) is 11.2. The van der Waals surface area contributed by atoms with Gasteiger partial charge in [-0.1, -0.05) is 0 Å². The highest BCUT2D eigenvalue weighted by atomic mass is 31.2. The molecule has 6 heterocycles. The molecule has 2 saturated heterocycles. The first kappa shape index (κ1) is 27.6. The quantitative estimate of drug-likeness (QED) is 0.110. The summed E-state index contributed by atoms with van der Waals surface area (Å²) in [4.78, 5) is 41.1. The van der Waals surface area contributed by atoms with Gasteiger partial charge in [-0.25, -0.2) is 19.5 Å². The predicted octanol–water partition coefficient (Wildman–Crippen LogP) is -1.87. The van der Waals surface area contributed by atoms with Crippen molar-refractivity contribution in [2.75, 3.05) is 24.7 Å². The maximum absolute atomic E-state index is 13.0. The highest BCUT2D eigenvalue weighted by Gasteiger charge is 2.47. The van der Waals surface area contributed by atoms with Crippen LogP contribution in [0.15, 0.2) is 29.7 Å². The van der Waals surface area contributed by atoms with Crippen LogP contribution < -0.4 is 17.0 Å². The number of fused-ring (bicyclic) bond motifs is 2. The number of aromatic nitrogens is 7. The van der Waals surface area contributed by atoms with Crippen molar-refractivity contribution in [2.24, 2.45) is 0 Å². The molecule has 0 radical (unpaired) electrons. The maximum atomic E-state index is 13.0. The van der Waals surface area contributed by atoms with Crippen molar-refractivity contribution in [3.8, 4) is 0 Å². The fraction of sp³-hybridized carbons (Fsp3) is 0.476. The van der Waals surface area contributed by atoms with E-state index in [1.54, 1.807) is 12.3 Å². The van der Waals surface area contributed by atoms with Crippen LogP contribution in [0.3, 0.4) is 0 Å². The molecule has 41 heavy (non-hydrogen) atoms. The second-order valence-corrected chi connectivity index (χ2v) is 10.9. The first-order valence-corrected chi connectivity index (χ1v) is 13.8. The van der Waals surface area contributed by atoms with Crippen LogP contribution in [0.1, 0.15) is 18.9 Å². The van der Waals surface area contributed by atoms with Gasteiger partial charge in [0.05, 0.1) is 31.0 Å². The van der Waals surface area contributed by atoms with E-state index in [0.717, 1.165) is 0 Å². The first-order valence-electron chi connectivity index (χ1n) is 12.3. The number of aliphatic hydroxyl groups excluding tert-OH is 3. The van der Waals surface area contributed by atoms with Crippen molar-refractivity contribution in [3.05, 3.63) is 35.3 Å². The van der Waals surface area contributed by atoms with Crippen LogP contribution in [0.2, 0.25) is 0 Å². The second-order valence-electron chi connectivity index (χ2n) is 9.52. The van der Waals surface area contributed by atoms with Crippen LogP contribution in [0.25, 0.3) is 22.2 Å². The number of H-pyrrole nitrogens is 1. The Morgan fingerprint density at radius 2 is 1.93 bits per heavy atom. The summed E-state index contributed by atoms with van der Waals surface area (Å²) in [6.45, 7) is -1.07. The molecule has 2 aliphatic heterocycles. The van der Waals surface area contributed by atoms with Crippen molar-refractivity contribution < 1.29 is 43.3 Å². The van der Waals surface area contributed by atoms with Crippen molar-refractivity contribution >= 4 is 41.8 Å². The lowest BCUT2D eigenvalue weighted by Crippen LogP contribution is -2.33. The van der Waals surface area contributed by atoms with Gasteiger partial charge in [0, 0.05) is 12.6 Å². The molecule has 2 aliphatic rings. The molecule has 19 nitrogen and oxygen atoms in total. The van der Waals surface area contributed by atoms with E-state index in [9.17, 15) is 29.6 Å². The standard InChI is InChI=1S/C21H26N9O10P/c22-15-9-1-2-29(16(9)25-6-24-15)20-14(33)13(32)11(39-20)5-37-41(35,36)40-10-3-8(4-31)38-19(10)30-7-26-12-17(30)27-21(23)28-18(12)34/h1-2,6-8,10-11,13-14,19-20,31-33H,3-5H2,(H,35,36)(H2,22,24,25)(H3,23,27,28,34)/t8-,10+,11+,13+,14+,19+,20+/m0/s1. The fourth-order valence-electron chi connectivity index (χ4n) is 4.96. The Bertz CT molecular complexity index is 1690.